The van der Waals surface area contributed by atoms with Crippen LogP contribution >= 0.6 is 0 Å². The highest BCUT2D eigenvalue weighted by Gasteiger charge is 2.45. The SMILES string of the molecule is CN[C@@H](C)C(=O)N[C@H](C(=O)N1C[C@@H](NC(C)=O)C[C@H]1CN(CCc1ccccc1)C(=O)c1ccc(-c2ccc(C(=O)N(CCc3ccccc3)C[C@@H]3C[C@H](NC(C)=O)CN3C(=O)[C@@H](NC(=O)[C@H](C)NC)C3CCCCC3)cc2)cc1)C1CCCCC1. The molecule has 4 aromatic carbocycles. The zero-order valence-electron chi connectivity index (χ0n) is 51.4. The number of amides is 8. The highest BCUT2D eigenvalue weighted by atomic mass is 16.2. The molecule has 0 aromatic heterocycles. The molecule has 0 spiro atoms. The molecule has 2 saturated heterocycles. The van der Waals surface area contributed by atoms with Crippen molar-refractivity contribution in [1.29, 1.82) is 0 Å². The zero-order valence-corrected chi connectivity index (χ0v) is 51.4. The van der Waals surface area contributed by atoms with Crippen LogP contribution in [0.3, 0.4) is 0 Å². The first-order chi connectivity index (χ1) is 41.5. The van der Waals surface area contributed by atoms with Crippen molar-refractivity contribution in [3.8, 4) is 11.1 Å². The second kappa shape index (κ2) is 31.3. The van der Waals surface area contributed by atoms with Gasteiger partial charge in [0.05, 0.1) is 24.2 Å². The molecule has 8 atom stereocenters. The van der Waals surface area contributed by atoms with Crippen molar-refractivity contribution in [2.75, 3.05) is 53.4 Å². The first-order valence-electron chi connectivity index (χ1n) is 31.5. The molecular weight excluding hydrogens is 1080 g/mol. The summed E-state index contributed by atoms with van der Waals surface area (Å²) in [5, 5.41) is 18.3. The van der Waals surface area contributed by atoms with Crippen molar-refractivity contribution in [2.45, 2.75) is 166 Å². The lowest BCUT2D eigenvalue weighted by atomic mass is 9.83. The largest absolute Gasteiger partial charge is 0.352 e. The Morgan fingerprint density at radius 1 is 0.488 bits per heavy atom. The predicted molar refractivity (Wildman–Crippen MR) is 333 cm³/mol. The fraction of sp³-hybridized carbons (Fsp3) is 0.529. The van der Waals surface area contributed by atoms with E-state index in [0.29, 0.717) is 49.9 Å². The maximum atomic E-state index is 15.0. The van der Waals surface area contributed by atoms with Gasteiger partial charge in [-0.3, -0.25) is 38.4 Å². The van der Waals surface area contributed by atoms with Crippen molar-refractivity contribution in [1.82, 2.24) is 51.5 Å². The van der Waals surface area contributed by atoms with Crippen LogP contribution < -0.4 is 31.9 Å². The molecule has 8 amide bonds. The minimum Gasteiger partial charge on any atom is -0.352 e. The van der Waals surface area contributed by atoms with Crippen LogP contribution in [0, 0.1) is 11.8 Å². The Hall–Kier alpha value is -7.44. The van der Waals surface area contributed by atoms with Gasteiger partial charge < -0.3 is 51.5 Å². The molecule has 18 heteroatoms. The molecular formula is C68H92N10O8. The van der Waals surface area contributed by atoms with Crippen molar-refractivity contribution in [2.24, 2.45) is 11.8 Å². The number of likely N-dealkylation sites (N-methyl/N-ethyl adjacent to an activating group) is 2. The van der Waals surface area contributed by atoms with E-state index in [0.717, 1.165) is 86.5 Å². The number of nitrogens with one attached hydrogen (secondary N) is 6. The lowest BCUT2D eigenvalue weighted by molar-refractivity contribution is -0.140. The van der Waals surface area contributed by atoms with Gasteiger partial charge >= 0.3 is 0 Å². The van der Waals surface area contributed by atoms with Gasteiger partial charge in [0.2, 0.25) is 35.4 Å². The van der Waals surface area contributed by atoms with Crippen molar-refractivity contribution < 1.29 is 38.4 Å². The molecule has 0 radical (unpaired) electrons. The zero-order chi connectivity index (χ0) is 61.3. The second-order valence-electron chi connectivity index (χ2n) is 24.5. The van der Waals surface area contributed by atoms with Crippen LogP contribution in [0.25, 0.3) is 11.1 Å². The average molecular weight is 1180 g/mol. The molecule has 4 aliphatic rings. The van der Waals surface area contributed by atoms with Gasteiger partial charge in [0.25, 0.3) is 11.8 Å². The van der Waals surface area contributed by atoms with E-state index in [1.165, 1.54) is 13.8 Å². The number of rotatable bonds is 25. The van der Waals surface area contributed by atoms with Crippen LogP contribution in [0.2, 0.25) is 0 Å². The minimum atomic E-state index is -0.742. The van der Waals surface area contributed by atoms with Gasteiger partial charge in [-0.05, 0) is 138 Å². The summed E-state index contributed by atoms with van der Waals surface area (Å²) in [5.41, 5.74) is 4.71. The Labute approximate surface area is 508 Å². The van der Waals surface area contributed by atoms with E-state index in [1.54, 1.807) is 62.0 Å². The fourth-order valence-corrected chi connectivity index (χ4v) is 13.2. The summed E-state index contributed by atoms with van der Waals surface area (Å²) in [6, 6.07) is 30.7. The third-order valence-electron chi connectivity index (χ3n) is 18.3. The Kier molecular flexibility index (Phi) is 23.5. The Morgan fingerprint density at radius 3 is 1.16 bits per heavy atom. The van der Waals surface area contributed by atoms with E-state index in [2.05, 4.69) is 31.9 Å². The summed E-state index contributed by atoms with van der Waals surface area (Å²) in [6.45, 7) is 8.15. The maximum Gasteiger partial charge on any atom is 0.253 e. The molecule has 4 fully saturated rings. The van der Waals surface area contributed by atoms with Crippen molar-refractivity contribution in [3.05, 3.63) is 131 Å². The van der Waals surface area contributed by atoms with Crippen molar-refractivity contribution in [3.63, 3.8) is 0 Å². The van der Waals surface area contributed by atoms with E-state index < -0.39 is 36.3 Å². The number of benzene rings is 4. The quantitative estimate of drug-likeness (QED) is 0.0436. The highest BCUT2D eigenvalue weighted by Crippen LogP contribution is 2.33. The molecule has 6 N–H and O–H groups in total. The van der Waals surface area contributed by atoms with E-state index in [9.17, 15) is 38.4 Å². The van der Waals surface area contributed by atoms with Gasteiger partial charge in [0, 0.05) is 76.3 Å². The molecule has 4 aromatic rings. The molecule has 0 unspecified atom stereocenters. The third-order valence-corrected chi connectivity index (χ3v) is 18.3. The molecule has 2 aliphatic heterocycles. The van der Waals surface area contributed by atoms with Gasteiger partial charge in [0.1, 0.15) is 12.1 Å². The number of hydrogen-bond donors (Lipinski definition) is 6. The van der Waals surface area contributed by atoms with E-state index >= 15 is 0 Å². The fourth-order valence-electron chi connectivity index (χ4n) is 13.2. The Morgan fingerprint density at radius 2 is 0.837 bits per heavy atom. The number of likely N-dealkylation sites (tertiary alicyclic amines) is 2. The summed E-state index contributed by atoms with van der Waals surface area (Å²) in [5.74, 6) is -1.77. The smallest absolute Gasteiger partial charge is 0.253 e. The van der Waals surface area contributed by atoms with E-state index in [1.807, 2.05) is 94.7 Å². The van der Waals surface area contributed by atoms with Crippen LogP contribution in [-0.2, 0) is 41.6 Å². The summed E-state index contributed by atoms with van der Waals surface area (Å²) in [4.78, 5) is 119. The predicted octanol–water partition coefficient (Wildman–Crippen LogP) is 6.28. The topological polar surface area (TPSA) is 222 Å². The van der Waals surface area contributed by atoms with Crippen molar-refractivity contribution >= 4 is 47.3 Å². The van der Waals surface area contributed by atoms with E-state index in [-0.39, 0.29) is 97.4 Å². The molecule has 2 aliphatic carbocycles. The lowest BCUT2D eigenvalue weighted by Crippen LogP contribution is -2.57. The lowest BCUT2D eigenvalue weighted by Gasteiger charge is -2.37. The molecule has 2 heterocycles. The molecule has 86 heavy (non-hydrogen) atoms. The number of nitrogens with zero attached hydrogens (tertiary/aromatic N) is 4. The molecule has 2 saturated carbocycles. The van der Waals surface area contributed by atoms with Crippen LogP contribution in [0.1, 0.15) is 137 Å². The summed E-state index contributed by atoms with van der Waals surface area (Å²) < 4.78 is 0. The highest BCUT2D eigenvalue weighted by molar-refractivity contribution is 5.96. The maximum absolute atomic E-state index is 15.0. The second-order valence-corrected chi connectivity index (χ2v) is 24.5. The van der Waals surface area contributed by atoms with Gasteiger partial charge in [-0.1, -0.05) is 123 Å². The van der Waals surface area contributed by atoms with Crippen LogP contribution in [0.15, 0.2) is 109 Å². The van der Waals surface area contributed by atoms with Crippen LogP contribution in [0.4, 0.5) is 0 Å². The van der Waals surface area contributed by atoms with Crippen LogP contribution in [0.5, 0.6) is 0 Å². The first kappa shape index (κ1) is 64.6. The molecule has 8 rings (SSSR count). The summed E-state index contributed by atoms with van der Waals surface area (Å²) in [7, 11) is 3.43. The minimum absolute atomic E-state index is 0.0342. The summed E-state index contributed by atoms with van der Waals surface area (Å²) >= 11 is 0. The summed E-state index contributed by atoms with van der Waals surface area (Å²) in [6.07, 6.45) is 11.4. The van der Waals surface area contributed by atoms with Crippen LogP contribution in [-0.4, -0.2) is 169 Å². The molecule has 0 bridgehead atoms. The average Bonchev–Trinajstić information content (AvgIpc) is 3.06. The standard InChI is InChI=1S/C68H92N10O8/c1-45(69-5)63(81)73-61(53-23-15-9-16-24-53)67(85)77-41-57(71-47(3)79)39-59(77)43-75(37-35-49-19-11-7-12-20-49)65(83)55-31-27-51(28-32-55)52-29-33-56(34-30-52)66(84)76(38-36-50-21-13-8-14-22-50)44-60-40-58(72-48(4)80)42-78(60)68(86)62(54-25-17-10-18-26-54)74-64(82)46(2)70-6/h7-8,11-14,19-22,27-34,45-46,53-54,57-62,69-70H,9-10,15-18,23-26,35-44H2,1-6H3,(H,71,79)(H,72,80)(H,73,81)(H,74,82)/t45-,46-,57-,58-,59-,60-,61-,62-/m0/s1. The third kappa shape index (κ3) is 17.4. The van der Waals surface area contributed by atoms with Gasteiger partial charge in [0.15, 0.2) is 0 Å². The van der Waals surface area contributed by atoms with Gasteiger partial charge in [-0.25, -0.2) is 0 Å². The first-order valence-corrected chi connectivity index (χ1v) is 31.5. The Bertz CT molecular complexity index is 2720. The number of carbonyl (C=O) groups excluding carboxylic acids is 8. The number of carbonyl (C=O) groups is 8. The molecule has 462 valence electrons. The van der Waals surface area contributed by atoms with E-state index in [4.69, 9.17) is 0 Å². The monoisotopic (exact) mass is 1180 g/mol. The normalized spacial score (nSPS) is 20.4. The molecule has 18 nitrogen and oxygen atoms in total. The van der Waals surface area contributed by atoms with Gasteiger partial charge in [-0.2, -0.15) is 0 Å². The van der Waals surface area contributed by atoms with Gasteiger partial charge in [-0.15, -0.1) is 0 Å². The number of hydrogen-bond acceptors (Lipinski definition) is 10. The Balaban J connectivity index is 1.02.